The standard InChI is InChI=1S/C19H30O3/c1-3-4-8-12-17-16(14-15-18(17)20)11-9-6-5-7-10-13-19(21)22-2/h4,8,14-17H,3,5-7,9-13H2,1-2H3/b8-4-/t16-,17-/m1/s1. The summed E-state index contributed by atoms with van der Waals surface area (Å²) < 4.78 is 4.62. The molecule has 1 rings (SSSR count). The summed E-state index contributed by atoms with van der Waals surface area (Å²) in [5.74, 6) is 0.771. The number of methoxy groups -OCH3 is 1. The molecule has 2 atom stereocenters. The third-order valence-corrected chi connectivity index (χ3v) is 4.33. The number of esters is 1. The van der Waals surface area contributed by atoms with Crippen molar-refractivity contribution in [2.45, 2.75) is 64.7 Å². The Kier molecular flexibility index (Phi) is 9.52. The van der Waals surface area contributed by atoms with Crippen LogP contribution in [0.2, 0.25) is 0 Å². The van der Waals surface area contributed by atoms with Crippen LogP contribution in [0.15, 0.2) is 24.3 Å². The summed E-state index contributed by atoms with van der Waals surface area (Å²) in [4.78, 5) is 22.9. The molecule has 0 amide bonds. The van der Waals surface area contributed by atoms with Crippen LogP contribution in [0, 0.1) is 11.8 Å². The molecule has 1 aliphatic rings. The normalized spacial score (nSPS) is 20.9. The van der Waals surface area contributed by atoms with Crippen molar-refractivity contribution in [2.24, 2.45) is 11.8 Å². The molecule has 0 aromatic rings. The smallest absolute Gasteiger partial charge is 0.305 e. The third kappa shape index (κ3) is 7.06. The molecule has 0 unspecified atom stereocenters. The average molecular weight is 306 g/mol. The summed E-state index contributed by atoms with van der Waals surface area (Å²) in [6, 6.07) is 0. The molecule has 0 N–H and O–H groups in total. The van der Waals surface area contributed by atoms with Gasteiger partial charge < -0.3 is 4.74 Å². The van der Waals surface area contributed by atoms with Crippen LogP contribution >= 0.6 is 0 Å². The van der Waals surface area contributed by atoms with Crippen LogP contribution < -0.4 is 0 Å². The Morgan fingerprint density at radius 1 is 1.18 bits per heavy atom. The van der Waals surface area contributed by atoms with Gasteiger partial charge in [-0.3, -0.25) is 9.59 Å². The van der Waals surface area contributed by atoms with Gasteiger partial charge in [-0.2, -0.15) is 0 Å². The Bertz CT molecular complexity index is 395. The van der Waals surface area contributed by atoms with Crippen LogP contribution in [0.1, 0.15) is 64.7 Å². The SMILES string of the molecule is CC/C=C\C[C@H]1C(=O)C=C[C@H]1CCCCCCCC(=O)OC. The molecule has 3 heteroatoms. The monoisotopic (exact) mass is 306 g/mol. The summed E-state index contributed by atoms with van der Waals surface area (Å²) in [7, 11) is 1.44. The van der Waals surface area contributed by atoms with Crippen molar-refractivity contribution in [1.29, 1.82) is 0 Å². The van der Waals surface area contributed by atoms with Crippen molar-refractivity contribution >= 4 is 11.8 Å². The number of ether oxygens (including phenoxy) is 1. The molecule has 0 saturated heterocycles. The van der Waals surface area contributed by atoms with E-state index in [1.807, 2.05) is 0 Å². The van der Waals surface area contributed by atoms with Crippen molar-refractivity contribution in [1.82, 2.24) is 0 Å². The first-order valence-corrected chi connectivity index (χ1v) is 8.62. The van der Waals surface area contributed by atoms with Gasteiger partial charge >= 0.3 is 5.97 Å². The van der Waals surface area contributed by atoms with Crippen molar-refractivity contribution in [2.75, 3.05) is 7.11 Å². The summed E-state index contributed by atoms with van der Waals surface area (Å²) >= 11 is 0. The third-order valence-electron chi connectivity index (χ3n) is 4.33. The predicted molar refractivity (Wildman–Crippen MR) is 89.5 cm³/mol. The van der Waals surface area contributed by atoms with E-state index in [1.54, 1.807) is 6.08 Å². The molecule has 0 fully saturated rings. The van der Waals surface area contributed by atoms with E-state index in [1.165, 1.54) is 13.5 Å². The Morgan fingerprint density at radius 3 is 2.64 bits per heavy atom. The predicted octanol–water partition coefficient (Wildman–Crippen LogP) is 4.62. The largest absolute Gasteiger partial charge is 0.469 e. The molecule has 0 radical (unpaired) electrons. The lowest BCUT2D eigenvalue weighted by atomic mass is 9.87. The number of ketones is 1. The van der Waals surface area contributed by atoms with E-state index < -0.39 is 0 Å². The number of carbonyl (C=O) groups excluding carboxylic acids is 2. The van der Waals surface area contributed by atoms with Crippen LogP contribution in [0.3, 0.4) is 0 Å². The first-order chi connectivity index (χ1) is 10.7. The number of unbranched alkanes of at least 4 members (excludes halogenated alkanes) is 4. The van der Waals surface area contributed by atoms with E-state index in [0.717, 1.165) is 44.9 Å². The quantitative estimate of drug-likeness (QED) is 0.318. The maximum Gasteiger partial charge on any atom is 0.305 e. The van der Waals surface area contributed by atoms with E-state index in [4.69, 9.17) is 0 Å². The fourth-order valence-corrected chi connectivity index (χ4v) is 2.97. The molecule has 0 aromatic heterocycles. The first kappa shape index (κ1) is 18.7. The molecular formula is C19H30O3. The van der Waals surface area contributed by atoms with Crippen LogP contribution in [-0.4, -0.2) is 18.9 Å². The van der Waals surface area contributed by atoms with Crippen molar-refractivity contribution in [3.05, 3.63) is 24.3 Å². The van der Waals surface area contributed by atoms with E-state index in [2.05, 4.69) is 29.9 Å². The zero-order chi connectivity index (χ0) is 16.2. The summed E-state index contributed by atoms with van der Waals surface area (Å²) in [5.41, 5.74) is 0. The molecular weight excluding hydrogens is 276 g/mol. The second-order valence-electron chi connectivity index (χ2n) is 6.03. The topological polar surface area (TPSA) is 43.4 Å². The van der Waals surface area contributed by atoms with Gasteiger partial charge in [-0.05, 0) is 37.7 Å². The number of rotatable bonds is 11. The van der Waals surface area contributed by atoms with Gasteiger partial charge in [-0.1, -0.05) is 50.8 Å². The molecule has 0 saturated carbocycles. The molecule has 0 aliphatic heterocycles. The minimum Gasteiger partial charge on any atom is -0.469 e. The second kappa shape index (κ2) is 11.2. The maximum atomic E-state index is 11.9. The number of allylic oxidation sites excluding steroid dienone is 4. The molecule has 1 aliphatic carbocycles. The van der Waals surface area contributed by atoms with Crippen LogP contribution in [-0.2, 0) is 14.3 Å². The number of carbonyl (C=O) groups is 2. The highest BCUT2D eigenvalue weighted by Gasteiger charge is 2.28. The van der Waals surface area contributed by atoms with Gasteiger partial charge in [0.2, 0.25) is 0 Å². The Balaban J connectivity index is 2.12. The van der Waals surface area contributed by atoms with Gasteiger partial charge in [0.15, 0.2) is 5.78 Å². The average Bonchev–Trinajstić information content (AvgIpc) is 2.87. The van der Waals surface area contributed by atoms with Crippen LogP contribution in [0.5, 0.6) is 0 Å². The lowest BCUT2D eigenvalue weighted by Crippen LogP contribution is -2.15. The van der Waals surface area contributed by atoms with Crippen LogP contribution in [0.4, 0.5) is 0 Å². The minimum absolute atomic E-state index is 0.113. The van der Waals surface area contributed by atoms with Gasteiger partial charge in [0.25, 0.3) is 0 Å². The molecule has 0 bridgehead atoms. The molecule has 0 heterocycles. The fraction of sp³-hybridized carbons (Fsp3) is 0.684. The highest BCUT2D eigenvalue weighted by molar-refractivity contribution is 5.94. The Labute approximate surface area is 134 Å². The molecule has 124 valence electrons. The van der Waals surface area contributed by atoms with E-state index >= 15 is 0 Å². The van der Waals surface area contributed by atoms with Gasteiger partial charge in [0.05, 0.1) is 7.11 Å². The van der Waals surface area contributed by atoms with Gasteiger partial charge in [-0.25, -0.2) is 0 Å². The maximum absolute atomic E-state index is 11.9. The fourth-order valence-electron chi connectivity index (χ4n) is 2.97. The molecule has 22 heavy (non-hydrogen) atoms. The highest BCUT2D eigenvalue weighted by Crippen LogP contribution is 2.30. The minimum atomic E-state index is -0.113. The summed E-state index contributed by atoms with van der Waals surface area (Å²) in [6.07, 6.45) is 17.2. The highest BCUT2D eigenvalue weighted by atomic mass is 16.5. The van der Waals surface area contributed by atoms with Crippen LogP contribution in [0.25, 0.3) is 0 Å². The molecule has 0 aromatic carbocycles. The van der Waals surface area contributed by atoms with E-state index in [0.29, 0.717) is 18.1 Å². The van der Waals surface area contributed by atoms with Gasteiger partial charge in [0.1, 0.15) is 0 Å². The first-order valence-electron chi connectivity index (χ1n) is 8.62. The van der Waals surface area contributed by atoms with Crippen molar-refractivity contribution in [3.8, 4) is 0 Å². The second-order valence-corrected chi connectivity index (χ2v) is 6.03. The number of hydrogen-bond acceptors (Lipinski definition) is 3. The molecule has 0 spiro atoms. The zero-order valence-electron chi connectivity index (χ0n) is 14.1. The van der Waals surface area contributed by atoms with Crippen molar-refractivity contribution < 1.29 is 14.3 Å². The lowest BCUT2D eigenvalue weighted by molar-refractivity contribution is -0.140. The van der Waals surface area contributed by atoms with E-state index in [-0.39, 0.29) is 11.9 Å². The number of hydrogen-bond donors (Lipinski definition) is 0. The Morgan fingerprint density at radius 2 is 1.91 bits per heavy atom. The lowest BCUT2D eigenvalue weighted by Gasteiger charge is -2.16. The summed E-state index contributed by atoms with van der Waals surface area (Å²) in [6.45, 7) is 2.11. The van der Waals surface area contributed by atoms with Crippen molar-refractivity contribution in [3.63, 3.8) is 0 Å². The molecule has 3 nitrogen and oxygen atoms in total. The Hall–Kier alpha value is -1.38. The summed E-state index contributed by atoms with van der Waals surface area (Å²) in [5, 5.41) is 0. The van der Waals surface area contributed by atoms with Gasteiger partial charge in [0, 0.05) is 12.3 Å². The zero-order valence-corrected chi connectivity index (χ0v) is 14.1. The van der Waals surface area contributed by atoms with Gasteiger partial charge in [-0.15, -0.1) is 0 Å². The van der Waals surface area contributed by atoms with E-state index in [9.17, 15) is 9.59 Å².